The van der Waals surface area contributed by atoms with Crippen LogP contribution in [0.2, 0.25) is 0 Å². The molecule has 0 atom stereocenters. The molecular formula is C14H14BrF3N2. The fourth-order valence-corrected chi connectivity index (χ4v) is 2.61. The highest BCUT2D eigenvalue weighted by Gasteiger charge is 2.36. The first-order valence-electron chi connectivity index (χ1n) is 6.17. The lowest BCUT2D eigenvalue weighted by atomic mass is 10.0. The molecule has 0 spiro atoms. The lowest BCUT2D eigenvalue weighted by molar-refractivity contribution is -0.141. The van der Waals surface area contributed by atoms with Gasteiger partial charge < -0.3 is 5.32 Å². The summed E-state index contributed by atoms with van der Waals surface area (Å²) in [6.07, 6.45) is -4.47. The van der Waals surface area contributed by atoms with E-state index in [0.29, 0.717) is 27.6 Å². The van der Waals surface area contributed by atoms with Gasteiger partial charge in [-0.25, -0.2) is 4.98 Å². The van der Waals surface area contributed by atoms with Crippen molar-refractivity contribution in [3.63, 3.8) is 0 Å². The fraction of sp³-hybridized carbons (Fsp3) is 0.357. The third-order valence-corrected chi connectivity index (χ3v) is 4.16. The van der Waals surface area contributed by atoms with E-state index in [4.69, 9.17) is 0 Å². The number of anilines is 1. The Morgan fingerprint density at radius 3 is 2.45 bits per heavy atom. The summed E-state index contributed by atoms with van der Waals surface area (Å²) < 4.78 is 40.0. The molecule has 0 aliphatic rings. The molecule has 2 rings (SSSR count). The van der Waals surface area contributed by atoms with Crippen molar-refractivity contribution in [1.29, 1.82) is 0 Å². The second-order valence-electron chi connectivity index (χ2n) is 4.58. The van der Waals surface area contributed by atoms with Crippen LogP contribution >= 0.6 is 15.9 Å². The maximum absolute atomic E-state index is 13.1. The molecule has 0 aliphatic carbocycles. The standard InChI is InChI=1S/C14H14BrF3N2/c1-4-19-11-8(3)13(14(16,17)18)20-12-9(11)6-5-7(2)10(12)15/h5-6H,4H2,1-3H3,(H,19,20). The minimum Gasteiger partial charge on any atom is -0.385 e. The summed E-state index contributed by atoms with van der Waals surface area (Å²) in [5.41, 5.74) is 0.962. The number of aromatic nitrogens is 1. The van der Waals surface area contributed by atoms with E-state index in [1.165, 1.54) is 6.92 Å². The monoisotopic (exact) mass is 346 g/mol. The maximum Gasteiger partial charge on any atom is 0.433 e. The predicted octanol–water partition coefficient (Wildman–Crippen LogP) is 5.06. The van der Waals surface area contributed by atoms with Crippen LogP contribution in [0.4, 0.5) is 18.9 Å². The van der Waals surface area contributed by atoms with Crippen LogP contribution in [0, 0.1) is 13.8 Å². The zero-order valence-corrected chi connectivity index (χ0v) is 12.9. The van der Waals surface area contributed by atoms with Crippen LogP contribution in [-0.2, 0) is 6.18 Å². The molecule has 0 unspecified atom stereocenters. The normalized spacial score (nSPS) is 11.9. The van der Waals surface area contributed by atoms with Gasteiger partial charge in [-0.1, -0.05) is 12.1 Å². The van der Waals surface area contributed by atoms with E-state index in [1.807, 2.05) is 19.9 Å². The predicted molar refractivity (Wildman–Crippen MR) is 78.1 cm³/mol. The Bertz CT molecular complexity index is 666. The van der Waals surface area contributed by atoms with Crippen molar-refractivity contribution in [2.45, 2.75) is 26.9 Å². The van der Waals surface area contributed by atoms with Crippen LogP contribution in [0.3, 0.4) is 0 Å². The summed E-state index contributed by atoms with van der Waals surface area (Å²) in [7, 11) is 0. The zero-order valence-electron chi connectivity index (χ0n) is 11.3. The maximum atomic E-state index is 13.1. The first kappa shape index (κ1) is 15.1. The van der Waals surface area contributed by atoms with Crippen molar-refractivity contribution in [1.82, 2.24) is 4.98 Å². The van der Waals surface area contributed by atoms with Gasteiger partial charge >= 0.3 is 6.18 Å². The second kappa shape index (κ2) is 5.24. The highest BCUT2D eigenvalue weighted by atomic mass is 79.9. The summed E-state index contributed by atoms with van der Waals surface area (Å²) in [5, 5.41) is 3.71. The number of pyridine rings is 1. The van der Waals surface area contributed by atoms with E-state index in [1.54, 1.807) is 6.07 Å². The minimum atomic E-state index is -4.47. The molecular weight excluding hydrogens is 333 g/mol. The minimum absolute atomic E-state index is 0.127. The van der Waals surface area contributed by atoms with E-state index in [9.17, 15) is 13.2 Å². The number of benzene rings is 1. The van der Waals surface area contributed by atoms with Crippen LogP contribution in [-0.4, -0.2) is 11.5 Å². The van der Waals surface area contributed by atoms with Crippen molar-refractivity contribution < 1.29 is 13.2 Å². The topological polar surface area (TPSA) is 24.9 Å². The Hall–Kier alpha value is -1.30. The Morgan fingerprint density at radius 2 is 1.90 bits per heavy atom. The van der Waals surface area contributed by atoms with Crippen molar-refractivity contribution in [3.8, 4) is 0 Å². The molecule has 1 aromatic heterocycles. The second-order valence-corrected chi connectivity index (χ2v) is 5.37. The quantitative estimate of drug-likeness (QED) is 0.821. The average Bonchev–Trinajstić information content (AvgIpc) is 2.35. The third-order valence-electron chi connectivity index (χ3n) is 3.15. The number of alkyl halides is 3. The van der Waals surface area contributed by atoms with Crippen molar-refractivity contribution in [2.75, 3.05) is 11.9 Å². The zero-order chi connectivity index (χ0) is 15.1. The Balaban J connectivity index is 2.91. The van der Waals surface area contributed by atoms with Crippen LogP contribution in [0.5, 0.6) is 0 Å². The molecule has 0 fully saturated rings. The van der Waals surface area contributed by atoms with Gasteiger partial charge in [0.05, 0.1) is 5.52 Å². The van der Waals surface area contributed by atoms with E-state index < -0.39 is 11.9 Å². The molecule has 0 saturated carbocycles. The lowest BCUT2D eigenvalue weighted by Gasteiger charge is -2.18. The molecule has 108 valence electrons. The van der Waals surface area contributed by atoms with Crippen LogP contribution in [0.25, 0.3) is 10.9 Å². The molecule has 1 heterocycles. The van der Waals surface area contributed by atoms with Crippen LogP contribution < -0.4 is 5.32 Å². The van der Waals surface area contributed by atoms with Gasteiger partial charge in [-0.3, -0.25) is 0 Å². The van der Waals surface area contributed by atoms with Crippen LogP contribution in [0.1, 0.15) is 23.7 Å². The van der Waals surface area contributed by atoms with Crippen LogP contribution in [0.15, 0.2) is 16.6 Å². The lowest BCUT2D eigenvalue weighted by Crippen LogP contribution is -2.13. The van der Waals surface area contributed by atoms with Gasteiger partial charge in [0, 0.05) is 27.7 Å². The molecule has 6 heteroatoms. The number of fused-ring (bicyclic) bond motifs is 1. The third kappa shape index (κ3) is 2.49. The molecule has 0 bridgehead atoms. The van der Waals surface area contributed by atoms with Gasteiger partial charge in [0.2, 0.25) is 0 Å². The first-order valence-corrected chi connectivity index (χ1v) is 6.97. The number of hydrogen-bond donors (Lipinski definition) is 1. The fourth-order valence-electron chi connectivity index (χ4n) is 2.17. The number of nitrogens with zero attached hydrogens (tertiary/aromatic N) is 1. The molecule has 2 nitrogen and oxygen atoms in total. The summed E-state index contributed by atoms with van der Waals surface area (Å²) in [5.74, 6) is 0. The van der Waals surface area contributed by atoms with E-state index in [0.717, 1.165) is 5.56 Å². The van der Waals surface area contributed by atoms with Gasteiger partial charge in [0.25, 0.3) is 0 Å². The largest absolute Gasteiger partial charge is 0.433 e. The first-order chi connectivity index (χ1) is 9.27. The molecule has 1 aromatic carbocycles. The number of aryl methyl sites for hydroxylation is 1. The number of hydrogen-bond acceptors (Lipinski definition) is 2. The van der Waals surface area contributed by atoms with E-state index >= 15 is 0 Å². The average molecular weight is 347 g/mol. The van der Waals surface area contributed by atoms with Crippen molar-refractivity contribution >= 4 is 32.5 Å². The van der Waals surface area contributed by atoms with Crippen molar-refractivity contribution in [2.24, 2.45) is 0 Å². The number of nitrogens with one attached hydrogen (secondary N) is 1. The molecule has 1 N–H and O–H groups in total. The van der Waals surface area contributed by atoms with Gasteiger partial charge in [0.1, 0.15) is 5.69 Å². The Kier molecular flexibility index (Phi) is 3.95. The van der Waals surface area contributed by atoms with E-state index in [-0.39, 0.29) is 5.56 Å². The smallest absolute Gasteiger partial charge is 0.385 e. The van der Waals surface area contributed by atoms with Gasteiger partial charge in [-0.2, -0.15) is 13.2 Å². The Labute approximate surface area is 123 Å². The number of halogens is 4. The molecule has 2 aromatic rings. The summed E-state index contributed by atoms with van der Waals surface area (Å²) >= 11 is 3.33. The molecule has 0 aliphatic heterocycles. The van der Waals surface area contributed by atoms with E-state index in [2.05, 4.69) is 26.2 Å². The highest BCUT2D eigenvalue weighted by molar-refractivity contribution is 9.10. The SMILES string of the molecule is CCNc1c(C)c(C(F)(F)F)nc2c(Br)c(C)ccc12. The molecule has 0 radical (unpaired) electrons. The number of rotatable bonds is 2. The van der Waals surface area contributed by atoms with Gasteiger partial charge in [0.15, 0.2) is 0 Å². The van der Waals surface area contributed by atoms with Crippen molar-refractivity contribution in [3.05, 3.63) is 33.4 Å². The molecule has 20 heavy (non-hydrogen) atoms. The highest BCUT2D eigenvalue weighted by Crippen LogP contribution is 2.39. The summed E-state index contributed by atoms with van der Waals surface area (Å²) in [4.78, 5) is 3.84. The Morgan fingerprint density at radius 1 is 1.25 bits per heavy atom. The summed E-state index contributed by atoms with van der Waals surface area (Å²) in [6.45, 7) is 5.66. The molecule has 0 saturated heterocycles. The van der Waals surface area contributed by atoms with Gasteiger partial charge in [-0.05, 0) is 42.3 Å². The summed E-state index contributed by atoms with van der Waals surface area (Å²) in [6, 6.07) is 3.66. The van der Waals surface area contributed by atoms with Gasteiger partial charge in [-0.15, -0.1) is 0 Å². The molecule has 0 amide bonds.